The first-order valence-corrected chi connectivity index (χ1v) is 11.3. The van der Waals surface area contributed by atoms with Gasteiger partial charge in [0.25, 0.3) is 5.91 Å². The minimum absolute atomic E-state index is 0.0449. The summed E-state index contributed by atoms with van der Waals surface area (Å²) in [6, 6.07) is 23.8. The molecular weight excluding hydrogens is 428 g/mol. The lowest BCUT2D eigenvalue weighted by atomic mass is 10.0. The Hall–Kier alpha value is -4.13. The van der Waals surface area contributed by atoms with Crippen molar-refractivity contribution in [1.82, 2.24) is 15.1 Å². The highest BCUT2D eigenvalue weighted by Gasteiger charge is 2.25. The number of ether oxygens (including phenoxy) is 2. The predicted octanol–water partition coefficient (Wildman–Crippen LogP) is 4.28. The van der Waals surface area contributed by atoms with E-state index in [1.54, 1.807) is 32.4 Å². The number of anilines is 1. The van der Waals surface area contributed by atoms with Gasteiger partial charge in [0.1, 0.15) is 11.5 Å². The standard InChI is InChI=1S/C27H26N4O3/c1-33-20-10-11-23(25(18-20)34-2)27(32)31-16-14-30(15-17-31)26-13-12-24(28-29-26)22-9-5-7-19-6-3-4-8-21(19)22/h3-13,18H,14-17H2,1-2H3. The Balaban J connectivity index is 1.28. The number of methoxy groups -OCH3 is 2. The second-order valence-corrected chi connectivity index (χ2v) is 8.15. The minimum atomic E-state index is -0.0449. The second-order valence-electron chi connectivity index (χ2n) is 8.15. The first kappa shape index (κ1) is 21.7. The second kappa shape index (κ2) is 9.39. The largest absolute Gasteiger partial charge is 0.497 e. The van der Waals surface area contributed by atoms with E-state index in [2.05, 4.69) is 39.4 Å². The number of carbonyl (C=O) groups is 1. The molecule has 4 aromatic rings. The van der Waals surface area contributed by atoms with E-state index in [4.69, 9.17) is 9.47 Å². The van der Waals surface area contributed by atoms with Crippen LogP contribution in [0.1, 0.15) is 10.4 Å². The zero-order chi connectivity index (χ0) is 23.5. The van der Waals surface area contributed by atoms with Crippen molar-refractivity contribution in [1.29, 1.82) is 0 Å². The lowest BCUT2D eigenvalue weighted by Crippen LogP contribution is -2.49. The van der Waals surface area contributed by atoms with Crippen LogP contribution in [-0.4, -0.2) is 61.4 Å². The number of aromatic nitrogens is 2. The molecule has 7 heteroatoms. The van der Waals surface area contributed by atoms with E-state index in [1.165, 1.54) is 5.39 Å². The van der Waals surface area contributed by atoms with Crippen LogP contribution in [0.25, 0.3) is 22.0 Å². The number of hydrogen-bond acceptors (Lipinski definition) is 6. The first-order chi connectivity index (χ1) is 16.7. The molecule has 0 aliphatic carbocycles. The van der Waals surface area contributed by atoms with Gasteiger partial charge in [-0.25, -0.2) is 0 Å². The van der Waals surface area contributed by atoms with Crippen molar-refractivity contribution < 1.29 is 14.3 Å². The molecule has 5 rings (SSSR count). The van der Waals surface area contributed by atoms with Gasteiger partial charge in [-0.15, -0.1) is 10.2 Å². The van der Waals surface area contributed by atoms with Gasteiger partial charge in [-0.05, 0) is 35.0 Å². The van der Waals surface area contributed by atoms with Gasteiger partial charge in [0.15, 0.2) is 5.82 Å². The number of piperazine rings is 1. The van der Waals surface area contributed by atoms with E-state index >= 15 is 0 Å². The molecule has 172 valence electrons. The van der Waals surface area contributed by atoms with Gasteiger partial charge in [-0.3, -0.25) is 4.79 Å². The van der Waals surface area contributed by atoms with Crippen LogP contribution in [-0.2, 0) is 0 Å². The molecule has 0 atom stereocenters. The molecule has 0 bridgehead atoms. The highest BCUT2D eigenvalue weighted by Crippen LogP contribution is 2.28. The summed E-state index contributed by atoms with van der Waals surface area (Å²) < 4.78 is 10.6. The SMILES string of the molecule is COc1ccc(C(=O)N2CCN(c3ccc(-c4cccc5ccccc45)nn3)CC2)c(OC)c1. The topological polar surface area (TPSA) is 67.8 Å². The molecule has 0 spiro atoms. The lowest BCUT2D eigenvalue weighted by molar-refractivity contribution is 0.0743. The normalized spacial score (nSPS) is 13.7. The van der Waals surface area contributed by atoms with Crippen LogP contribution in [0.3, 0.4) is 0 Å². The molecule has 1 aromatic heterocycles. The Morgan fingerprint density at radius 1 is 0.824 bits per heavy atom. The molecule has 3 aromatic carbocycles. The zero-order valence-electron chi connectivity index (χ0n) is 19.3. The predicted molar refractivity (Wildman–Crippen MR) is 133 cm³/mol. The van der Waals surface area contributed by atoms with Crippen molar-refractivity contribution in [2.45, 2.75) is 0 Å². The monoisotopic (exact) mass is 454 g/mol. The number of carbonyl (C=O) groups excluding carboxylic acids is 1. The van der Waals surface area contributed by atoms with Crippen LogP contribution >= 0.6 is 0 Å². The van der Waals surface area contributed by atoms with Crippen LogP contribution in [0.2, 0.25) is 0 Å². The van der Waals surface area contributed by atoms with Crippen molar-refractivity contribution in [3.8, 4) is 22.8 Å². The third kappa shape index (κ3) is 4.12. The average Bonchev–Trinajstić information content (AvgIpc) is 2.92. The van der Waals surface area contributed by atoms with Crippen LogP contribution in [0.4, 0.5) is 5.82 Å². The summed E-state index contributed by atoms with van der Waals surface area (Å²) in [6.45, 7) is 2.57. The Morgan fingerprint density at radius 3 is 2.35 bits per heavy atom. The molecule has 2 heterocycles. The molecule has 1 aliphatic heterocycles. The van der Waals surface area contributed by atoms with Gasteiger partial charge in [0.2, 0.25) is 0 Å². The molecule has 1 aliphatic rings. The van der Waals surface area contributed by atoms with Gasteiger partial charge in [0, 0.05) is 37.8 Å². The van der Waals surface area contributed by atoms with Crippen molar-refractivity contribution in [2.75, 3.05) is 45.3 Å². The maximum atomic E-state index is 13.1. The number of benzene rings is 3. The molecule has 1 saturated heterocycles. The van der Waals surface area contributed by atoms with E-state index in [1.807, 2.05) is 35.2 Å². The average molecular weight is 455 g/mol. The summed E-state index contributed by atoms with van der Waals surface area (Å²) >= 11 is 0. The summed E-state index contributed by atoms with van der Waals surface area (Å²) in [6.07, 6.45) is 0. The fourth-order valence-electron chi connectivity index (χ4n) is 4.37. The summed E-state index contributed by atoms with van der Waals surface area (Å²) in [4.78, 5) is 17.1. The van der Waals surface area contributed by atoms with E-state index in [9.17, 15) is 4.79 Å². The summed E-state index contributed by atoms with van der Waals surface area (Å²) in [5, 5.41) is 11.4. The fraction of sp³-hybridized carbons (Fsp3) is 0.222. The quantitative estimate of drug-likeness (QED) is 0.449. The van der Waals surface area contributed by atoms with Crippen LogP contribution in [0.5, 0.6) is 11.5 Å². The van der Waals surface area contributed by atoms with E-state index in [0.717, 1.165) is 22.5 Å². The fourth-order valence-corrected chi connectivity index (χ4v) is 4.37. The third-order valence-electron chi connectivity index (χ3n) is 6.25. The first-order valence-electron chi connectivity index (χ1n) is 11.3. The number of nitrogens with zero attached hydrogens (tertiary/aromatic N) is 4. The number of hydrogen-bond donors (Lipinski definition) is 0. The lowest BCUT2D eigenvalue weighted by Gasteiger charge is -2.35. The van der Waals surface area contributed by atoms with E-state index < -0.39 is 0 Å². The van der Waals surface area contributed by atoms with Crippen molar-refractivity contribution in [2.24, 2.45) is 0 Å². The molecule has 0 N–H and O–H groups in total. The Labute approximate surface area is 198 Å². The van der Waals surface area contributed by atoms with Gasteiger partial charge in [-0.2, -0.15) is 0 Å². The maximum absolute atomic E-state index is 13.1. The van der Waals surface area contributed by atoms with Gasteiger partial charge < -0.3 is 19.3 Å². The minimum Gasteiger partial charge on any atom is -0.497 e. The van der Waals surface area contributed by atoms with Crippen molar-refractivity contribution in [3.63, 3.8) is 0 Å². The summed E-state index contributed by atoms with van der Waals surface area (Å²) in [5.74, 6) is 1.94. The molecule has 34 heavy (non-hydrogen) atoms. The Kier molecular flexibility index (Phi) is 5.99. The number of rotatable bonds is 5. The van der Waals surface area contributed by atoms with Crippen LogP contribution in [0, 0.1) is 0 Å². The Morgan fingerprint density at radius 2 is 1.62 bits per heavy atom. The van der Waals surface area contributed by atoms with Gasteiger partial charge in [-0.1, -0.05) is 42.5 Å². The number of amides is 1. The molecule has 1 fully saturated rings. The van der Waals surface area contributed by atoms with Crippen LogP contribution < -0.4 is 14.4 Å². The highest BCUT2D eigenvalue weighted by molar-refractivity contribution is 5.97. The molecule has 0 unspecified atom stereocenters. The zero-order valence-corrected chi connectivity index (χ0v) is 19.3. The molecule has 0 saturated carbocycles. The molecular formula is C27H26N4O3. The smallest absolute Gasteiger partial charge is 0.257 e. The van der Waals surface area contributed by atoms with E-state index in [0.29, 0.717) is 43.2 Å². The van der Waals surface area contributed by atoms with Crippen LogP contribution in [0.15, 0.2) is 72.8 Å². The van der Waals surface area contributed by atoms with Crippen molar-refractivity contribution >= 4 is 22.5 Å². The van der Waals surface area contributed by atoms with Gasteiger partial charge in [0.05, 0.1) is 25.5 Å². The van der Waals surface area contributed by atoms with Gasteiger partial charge >= 0.3 is 0 Å². The Bertz CT molecular complexity index is 1310. The summed E-state index contributed by atoms with van der Waals surface area (Å²) in [7, 11) is 3.15. The third-order valence-corrected chi connectivity index (χ3v) is 6.25. The van der Waals surface area contributed by atoms with E-state index in [-0.39, 0.29) is 5.91 Å². The maximum Gasteiger partial charge on any atom is 0.257 e. The summed E-state index contributed by atoms with van der Waals surface area (Å²) in [5.41, 5.74) is 2.46. The highest BCUT2D eigenvalue weighted by atomic mass is 16.5. The molecule has 7 nitrogen and oxygen atoms in total. The molecule has 1 amide bonds. The number of fused-ring (bicyclic) bond motifs is 1. The van der Waals surface area contributed by atoms with Crippen molar-refractivity contribution in [3.05, 3.63) is 78.4 Å². The molecule has 0 radical (unpaired) electrons.